The van der Waals surface area contributed by atoms with Crippen LogP contribution in [0.5, 0.6) is 5.75 Å². The van der Waals surface area contributed by atoms with E-state index in [4.69, 9.17) is 13.9 Å². The fourth-order valence-electron chi connectivity index (χ4n) is 2.61. The second-order valence-electron chi connectivity index (χ2n) is 5.86. The van der Waals surface area contributed by atoms with Crippen LogP contribution in [0.15, 0.2) is 47.1 Å². The molecule has 25 heavy (non-hydrogen) atoms. The number of amides is 2. The molecule has 2 amide bonds. The number of hydrogen-bond acceptors (Lipinski definition) is 5. The standard InChI is InChI=1S/C18H22N2O5/c21-11-14-10-20(7-9-23-12-14)18(22)19-16-5-1-2-6-17(16)25-13-15-4-3-8-24-15/h1-6,8,14,21H,7,9-13H2,(H,19,22)/t14-/m0/s1. The molecule has 2 N–H and O–H groups in total. The van der Waals surface area contributed by atoms with E-state index < -0.39 is 0 Å². The summed E-state index contributed by atoms with van der Waals surface area (Å²) in [5, 5.41) is 12.2. The molecule has 0 aliphatic carbocycles. The molecule has 1 aromatic heterocycles. The number of ether oxygens (including phenoxy) is 2. The van der Waals surface area contributed by atoms with E-state index in [1.54, 1.807) is 29.4 Å². The Morgan fingerprint density at radius 3 is 3.00 bits per heavy atom. The molecule has 0 saturated carbocycles. The van der Waals surface area contributed by atoms with E-state index in [-0.39, 0.29) is 25.2 Å². The fraction of sp³-hybridized carbons (Fsp3) is 0.389. The molecule has 1 aromatic carbocycles. The number of para-hydroxylation sites is 2. The van der Waals surface area contributed by atoms with Crippen LogP contribution in [0.3, 0.4) is 0 Å². The topological polar surface area (TPSA) is 84.2 Å². The minimum Gasteiger partial charge on any atom is -0.483 e. The average molecular weight is 346 g/mol. The number of carbonyl (C=O) groups is 1. The summed E-state index contributed by atoms with van der Waals surface area (Å²) >= 11 is 0. The molecule has 0 spiro atoms. The van der Waals surface area contributed by atoms with Crippen molar-refractivity contribution < 1.29 is 23.8 Å². The van der Waals surface area contributed by atoms with Crippen molar-refractivity contribution in [3.63, 3.8) is 0 Å². The summed E-state index contributed by atoms with van der Waals surface area (Å²) in [6.45, 7) is 2.13. The van der Waals surface area contributed by atoms with Gasteiger partial charge in [0.15, 0.2) is 0 Å². The number of urea groups is 1. The minimum absolute atomic E-state index is 0.00732. The van der Waals surface area contributed by atoms with Crippen LogP contribution in [0.25, 0.3) is 0 Å². The monoisotopic (exact) mass is 346 g/mol. The lowest BCUT2D eigenvalue weighted by atomic mass is 10.2. The van der Waals surface area contributed by atoms with Crippen LogP contribution in [0.4, 0.5) is 10.5 Å². The number of hydrogen-bond donors (Lipinski definition) is 2. The Hall–Kier alpha value is -2.51. The van der Waals surface area contributed by atoms with E-state index in [2.05, 4.69) is 5.32 Å². The highest BCUT2D eigenvalue weighted by Gasteiger charge is 2.22. The van der Waals surface area contributed by atoms with Crippen molar-refractivity contribution in [1.82, 2.24) is 4.90 Å². The Bertz CT molecular complexity index is 674. The number of benzene rings is 1. The first-order chi connectivity index (χ1) is 12.3. The molecular weight excluding hydrogens is 324 g/mol. The quantitative estimate of drug-likeness (QED) is 0.868. The van der Waals surface area contributed by atoms with E-state index in [1.165, 1.54) is 0 Å². The molecule has 0 unspecified atom stereocenters. The second-order valence-corrected chi connectivity index (χ2v) is 5.86. The van der Waals surface area contributed by atoms with Gasteiger partial charge in [-0.05, 0) is 24.3 Å². The summed E-state index contributed by atoms with van der Waals surface area (Å²) < 4.78 is 16.4. The maximum absolute atomic E-state index is 12.6. The summed E-state index contributed by atoms with van der Waals surface area (Å²) in [7, 11) is 0. The minimum atomic E-state index is -0.238. The van der Waals surface area contributed by atoms with Crippen molar-refractivity contribution >= 4 is 11.7 Å². The van der Waals surface area contributed by atoms with Crippen molar-refractivity contribution in [3.05, 3.63) is 48.4 Å². The molecule has 7 nitrogen and oxygen atoms in total. The number of aliphatic hydroxyl groups is 1. The molecule has 2 aromatic rings. The third-order valence-corrected chi connectivity index (χ3v) is 3.96. The number of nitrogens with one attached hydrogen (secondary N) is 1. The van der Waals surface area contributed by atoms with Crippen LogP contribution in [0, 0.1) is 5.92 Å². The van der Waals surface area contributed by atoms with Gasteiger partial charge >= 0.3 is 6.03 Å². The molecule has 3 rings (SSSR count). The Balaban J connectivity index is 1.64. The molecule has 1 saturated heterocycles. The normalized spacial score (nSPS) is 17.8. The van der Waals surface area contributed by atoms with Gasteiger partial charge in [-0.15, -0.1) is 0 Å². The van der Waals surface area contributed by atoms with E-state index in [1.807, 2.05) is 18.2 Å². The fourth-order valence-corrected chi connectivity index (χ4v) is 2.61. The van der Waals surface area contributed by atoms with Crippen LogP contribution >= 0.6 is 0 Å². The first-order valence-electron chi connectivity index (χ1n) is 8.25. The third-order valence-electron chi connectivity index (χ3n) is 3.96. The third kappa shape index (κ3) is 4.74. The lowest BCUT2D eigenvalue weighted by molar-refractivity contribution is 0.0958. The number of anilines is 1. The van der Waals surface area contributed by atoms with Crippen LogP contribution in [-0.2, 0) is 11.3 Å². The highest BCUT2D eigenvalue weighted by atomic mass is 16.5. The van der Waals surface area contributed by atoms with Gasteiger partial charge < -0.3 is 29.2 Å². The highest BCUT2D eigenvalue weighted by Crippen LogP contribution is 2.25. The number of nitrogens with zero attached hydrogens (tertiary/aromatic N) is 1. The maximum Gasteiger partial charge on any atom is 0.322 e. The van der Waals surface area contributed by atoms with Crippen LogP contribution < -0.4 is 10.1 Å². The zero-order valence-corrected chi connectivity index (χ0v) is 13.9. The molecule has 1 aliphatic rings. The van der Waals surface area contributed by atoms with Crippen molar-refractivity contribution in [2.75, 3.05) is 38.2 Å². The first-order valence-corrected chi connectivity index (χ1v) is 8.25. The van der Waals surface area contributed by atoms with Gasteiger partial charge in [0.25, 0.3) is 0 Å². The van der Waals surface area contributed by atoms with Crippen LogP contribution in [0.1, 0.15) is 5.76 Å². The summed E-state index contributed by atoms with van der Waals surface area (Å²) in [6, 6.07) is 10.6. The predicted octanol–water partition coefficient (Wildman–Crippen LogP) is 2.33. The molecule has 0 bridgehead atoms. The summed E-state index contributed by atoms with van der Waals surface area (Å²) in [4.78, 5) is 14.2. The molecule has 0 radical (unpaired) electrons. The summed E-state index contributed by atoms with van der Waals surface area (Å²) in [5.74, 6) is 1.20. The van der Waals surface area contributed by atoms with E-state index in [0.29, 0.717) is 43.5 Å². The molecule has 1 fully saturated rings. The Labute approximate surface area is 146 Å². The number of carbonyl (C=O) groups excluding carboxylic acids is 1. The zero-order chi connectivity index (χ0) is 17.5. The molecule has 7 heteroatoms. The SMILES string of the molecule is O=C(Nc1ccccc1OCc1ccco1)N1CCOC[C@H](CO)C1. The molecular formula is C18H22N2O5. The van der Waals surface area contributed by atoms with Gasteiger partial charge in [-0.25, -0.2) is 4.79 Å². The van der Waals surface area contributed by atoms with Gasteiger partial charge in [-0.3, -0.25) is 0 Å². The van der Waals surface area contributed by atoms with E-state index in [9.17, 15) is 9.90 Å². The first kappa shape index (κ1) is 17.3. The lowest BCUT2D eigenvalue weighted by Gasteiger charge is -2.23. The van der Waals surface area contributed by atoms with Gasteiger partial charge in [0, 0.05) is 25.6 Å². The largest absolute Gasteiger partial charge is 0.483 e. The van der Waals surface area contributed by atoms with Crippen molar-refractivity contribution in [1.29, 1.82) is 0 Å². The van der Waals surface area contributed by atoms with Crippen LogP contribution in [-0.4, -0.2) is 48.9 Å². The molecule has 1 atom stereocenters. The van der Waals surface area contributed by atoms with Gasteiger partial charge in [0.2, 0.25) is 0 Å². The van der Waals surface area contributed by atoms with Gasteiger partial charge in [0.05, 0.1) is 25.2 Å². The Morgan fingerprint density at radius 2 is 2.20 bits per heavy atom. The van der Waals surface area contributed by atoms with Crippen LogP contribution in [0.2, 0.25) is 0 Å². The second kappa shape index (κ2) is 8.55. The Kier molecular flexibility index (Phi) is 5.92. The van der Waals surface area contributed by atoms with Gasteiger partial charge in [-0.2, -0.15) is 0 Å². The van der Waals surface area contributed by atoms with Crippen molar-refractivity contribution in [2.45, 2.75) is 6.61 Å². The van der Waals surface area contributed by atoms with Crippen molar-refractivity contribution in [2.24, 2.45) is 5.92 Å². The number of rotatable bonds is 5. The van der Waals surface area contributed by atoms with Gasteiger partial charge in [0.1, 0.15) is 18.1 Å². The Morgan fingerprint density at radius 1 is 1.32 bits per heavy atom. The molecule has 1 aliphatic heterocycles. The summed E-state index contributed by atoms with van der Waals surface area (Å²) in [5.41, 5.74) is 0.588. The molecule has 2 heterocycles. The maximum atomic E-state index is 12.6. The number of aliphatic hydroxyl groups excluding tert-OH is 1. The van der Waals surface area contributed by atoms with E-state index >= 15 is 0 Å². The number of furan rings is 1. The zero-order valence-electron chi connectivity index (χ0n) is 13.9. The predicted molar refractivity (Wildman–Crippen MR) is 91.5 cm³/mol. The van der Waals surface area contributed by atoms with Crippen molar-refractivity contribution in [3.8, 4) is 5.75 Å². The van der Waals surface area contributed by atoms with Gasteiger partial charge in [-0.1, -0.05) is 12.1 Å². The smallest absolute Gasteiger partial charge is 0.322 e. The summed E-state index contributed by atoms with van der Waals surface area (Å²) in [6.07, 6.45) is 1.59. The van der Waals surface area contributed by atoms with E-state index in [0.717, 1.165) is 0 Å². The lowest BCUT2D eigenvalue weighted by Crippen LogP contribution is -2.39. The average Bonchev–Trinajstić information content (AvgIpc) is 3.03. The highest BCUT2D eigenvalue weighted by molar-refractivity contribution is 5.91. The molecule has 134 valence electrons.